The summed E-state index contributed by atoms with van der Waals surface area (Å²) in [5.74, 6) is 0.411. The molecule has 19 heavy (non-hydrogen) atoms. The van der Waals surface area contributed by atoms with Gasteiger partial charge >= 0.3 is 0 Å². The summed E-state index contributed by atoms with van der Waals surface area (Å²) in [5.41, 5.74) is -0.199. The summed E-state index contributed by atoms with van der Waals surface area (Å²) >= 11 is 5.75. The van der Waals surface area contributed by atoms with Crippen LogP contribution in [0.1, 0.15) is 34.1 Å². The van der Waals surface area contributed by atoms with Crippen molar-refractivity contribution in [3.8, 4) is 0 Å². The van der Waals surface area contributed by atoms with Crippen LogP contribution in [-0.2, 0) is 16.6 Å². The zero-order valence-electron chi connectivity index (χ0n) is 11.9. The van der Waals surface area contributed by atoms with Gasteiger partial charge in [-0.1, -0.05) is 20.8 Å². The van der Waals surface area contributed by atoms with Crippen LogP contribution in [0.4, 0.5) is 0 Å². The van der Waals surface area contributed by atoms with Gasteiger partial charge in [-0.25, -0.2) is 18.1 Å². The van der Waals surface area contributed by atoms with Gasteiger partial charge in [0.1, 0.15) is 0 Å². The third kappa shape index (κ3) is 4.47. The molecule has 1 aromatic rings. The largest absolute Gasteiger partial charge is 0.336 e. The monoisotopic (exact) mass is 307 g/mol. The second-order valence-electron chi connectivity index (χ2n) is 5.56. The fourth-order valence-electron chi connectivity index (χ4n) is 1.68. The first kappa shape index (κ1) is 16.5. The minimum atomic E-state index is -3.59. The van der Waals surface area contributed by atoms with Crippen molar-refractivity contribution in [1.82, 2.24) is 14.3 Å². The number of nitrogens with one attached hydrogen (secondary N) is 1. The number of halogens is 1. The highest BCUT2D eigenvalue weighted by Crippen LogP contribution is 2.24. The van der Waals surface area contributed by atoms with Gasteiger partial charge in [0.15, 0.2) is 5.03 Å². The molecular weight excluding hydrogens is 286 g/mol. The van der Waals surface area contributed by atoms with Gasteiger partial charge in [-0.15, -0.1) is 11.6 Å². The smallest absolute Gasteiger partial charge is 0.259 e. The van der Waals surface area contributed by atoms with Crippen molar-refractivity contribution in [2.75, 3.05) is 5.88 Å². The molecule has 110 valence electrons. The maximum Gasteiger partial charge on any atom is 0.259 e. The van der Waals surface area contributed by atoms with Crippen LogP contribution >= 0.6 is 11.6 Å². The molecule has 0 aliphatic rings. The highest BCUT2D eigenvalue weighted by Gasteiger charge is 2.30. The lowest BCUT2D eigenvalue weighted by Crippen LogP contribution is -2.44. The van der Waals surface area contributed by atoms with Crippen LogP contribution < -0.4 is 4.72 Å². The van der Waals surface area contributed by atoms with Crippen LogP contribution in [0.3, 0.4) is 0 Å². The summed E-state index contributed by atoms with van der Waals surface area (Å²) in [5, 5.41) is 0.0539. The van der Waals surface area contributed by atoms with Crippen LogP contribution in [0.5, 0.6) is 0 Å². The molecule has 0 radical (unpaired) electrons. The molecule has 7 heteroatoms. The number of hydrogen-bond acceptors (Lipinski definition) is 3. The first-order valence-corrected chi connectivity index (χ1v) is 8.32. The van der Waals surface area contributed by atoms with E-state index in [1.165, 1.54) is 12.5 Å². The lowest BCUT2D eigenvalue weighted by Gasteiger charge is -2.30. The number of sulfonamides is 1. The first-order chi connectivity index (χ1) is 8.70. The van der Waals surface area contributed by atoms with Crippen molar-refractivity contribution in [2.24, 2.45) is 5.41 Å². The zero-order valence-corrected chi connectivity index (χ0v) is 13.4. The number of nitrogens with zero attached hydrogens (tertiary/aromatic N) is 2. The fraction of sp³-hybridized carbons (Fsp3) is 0.750. The van der Waals surface area contributed by atoms with E-state index in [0.29, 0.717) is 18.8 Å². The molecule has 0 amide bonds. The molecule has 0 aliphatic heterocycles. The molecule has 0 saturated carbocycles. The second kappa shape index (κ2) is 6.24. The van der Waals surface area contributed by atoms with Gasteiger partial charge in [0.25, 0.3) is 10.0 Å². The molecule has 1 atom stereocenters. The van der Waals surface area contributed by atoms with E-state index >= 15 is 0 Å². The molecular formula is C12H22ClN3O2S. The summed E-state index contributed by atoms with van der Waals surface area (Å²) in [6, 6.07) is -0.221. The van der Waals surface area contributed by atoms with E-state index < -0.39 is 10.0 Å². The van der Waals surface area contributed by atoms with Crippen molar-refractivity contribution < 1.29 is 8.42 Å². The Kier molecular flexibility index (Phi) is 5.41. The van der Waals surface area contributed by atoms with Crippen LogP contribution in [0.25, 0.3) is 0 Å². The molecule has 1 unspecified atom stereocenters. The highest BCUT2D eigenvalue weighted by molar-refractivity contribution is 7.89. The third-order valence-corrected chi connectivity index (χ3v) is 4.57. The average Bonchev–Trinajstić information content (AvgIpc) is 2.76. The van der Waals surface area contributed by atoms with Crippen molar-refractivity contribution in [3.05, 3.63) is 12.5 Å². The third-order valence-electron chi connectivity index (χ3n) is 2.99. The minimum absolute atomic E-state index is 0.0539. The minimum Gasteiger partial charge on any atom is -0.336 e. The molecule has 1 aromatic heterocycles. The van der Waals surface area contributed by atoms with Gasteiger partial charge in [0.05, 0.1) is 6.33 Å². The van der Waals surface area contributed by atoms with Crippen LogP contribution in [0, 0.1) is 5.41 Å². The Labute approximate surface area is 120 Å². The fourth-order valence-corrected chi connectivity index (χ4v) is 3.32. The summed E-state index contributed by atoms with van der Waals surface area (Å²) in [7, 11) is -3.59. The van der Waals surface area contributed by atoms with Crippen molar-refractivity contribution in [3.63, 3.8) is 0 Å². The average molecular weight is 308 g/mol. The summed E-state index contributed by atoms with van der Waals surface area (Å²) in [6.07, 6.45) is 3.63. The second-order valence-corrected chi connectivity index (χ2v) is 7.60. The quantitative estimate of drug-likeness (QED) is 0.820. The molecule has 0 bridgehead atoms. The lowest BCUT2D eigenvalue weighted by molar-refractivity contribution is 0.292. The summed E-state index contributed by atoms with van der Waals surface area (Å²) < 4.78 is 29.0. The lowest BCUT2D eigenvalue weighted by atomic mass is 9.86. The van der Waals surface area contributed by atoms with Gasteiger partial charge in [-0.2, -0.15) is 0 Å². The molecule has 5 nitrogen and oxygen atoms in total. The number of aryl methyl sites for hydroxylation is 1. The molecule has 0 aromatic carbocycles. The molecule has 0 spiro atoms. The van der Waals surface area contributed by atoms with Crippen molar-refractivity contribution in [2.45, 2.75) is 51.7 Å². The Morgan fingerprint density at radius 1 is 1.47 bits per heavy atom. The van der Waals surface area contributed by atoms with E-state index in [0.717, 1.165) is 0 Å². The normalized spacial score (nSPS) is 14.6. The van der Waals surface area contributed by atoms with Gasteiger partial charge in [-0.3, -0.25) is 0 Å². The van der Waals surface area contributed by atoms with E-state index in [1.807, 2.05) is 27.7 Å². The van der Waals surface area contributed by atoms with Gasteiger partial charge in [0, 0.05) is 24.7 Å². The van der Waals surface area contributed by atoms with Crippen LogP contribution in [-0.4, -0.2) is 29.9 Å². The van der Waals surface area contributed by atoms with Crippen molar-refractivity contribution >= 4 is 21.6 Å². The summed E-state index contributed by atoms with van der Waals surface area (Å²) in [6.45, 7) is 8.57. The first-order valence-electron chi connectivity index (χ1n) is 6.30. The van der Waals surface area contributed by atoms with E-state index in [-0.39, 0.29) is 16.5 Å². The Bertz CT molecular complexity index is 505. The SMILES string of the molecule is CCn1cnc(S(=O)(=O)NC(CCCl)C(C)(C)C)c1. The number of aromatic nitrogens is 2. The number of alkyl halides is 1. The molecule has 0 saturated heterocycles. The number of rotatable bonds is 6. The van der Waals surface area contributed by atoms with Crippen LogP contribution in [0.15, 0.2) is 17.6 Å². The van der Waals surface area contributed by atoms with E-state index in [4.69, 9.17) is 11.6 Å². The topological polar surface area (TPSA) is 64.0 Å². The molecule has 0 aliphatic carbocycles. The Morgan fingerprint density at radius 3 is 2.53 bits per heavy atom. The molecule has 0 fully saturated rings. The van der Waals surface area contributed by atoms with Crippen molar-refractivity contribution in [1.29, 1.82) is 0 Å². The van der Waals surface area contributed by atoms with E-state index in [1.54, 1.807) is 4.57 Å². The van der Waals surface area contributed by atoms with Gasteiger partial charge in [-0.05, 0) is 18.8 Å². The summed E-state index contributed by atoms with van der Waals surface area (Å²) in [4.78, 5) is 3.93. The maximum atomic E-state index is 12.3. The Hall–Kier alpha value is -0.590. The molecule has 1 heterocycles. The highest BCUT2D eigenvalue weighted by atomic mass is 35.5. The molecule has 1 rings (SSSR count). The number of imidazole rings is 1. The predicted octanol–water partition coefficient (Wildman–Crippen LogP) is 2.22. The maximum absolute atomic E-state index is 12.3. The van der Waals surface area contributed by atoms with Crippen LogP contribution in [0.2, 0.25) is 0 Å². The Balaban J connectivity index is 2.94. The predicted molar refractivity (Wildman–Crippen MR) is 76.8 cm³/mol. The zero-order chi connectivity index (χ0) is 14.7. The number of hydrogen-bond donors (Lipinski definition) is 1. The van der Waals surface area contributed by atoms with E-state index in [2.05, 4.69) is 9.71 Å². The van der Waals surface area contributed by atoms with Gasteiger partial charge in [0.2, 0.25) is 0 Å². The van der Waals surface area contributed by atoms with Gasteiger partial charge < -0.3 is 4.57 Å². The molecule has 1 N–H and O–H groups in total. The Morgan fingerprint density at radius 2 is 2.11 bits per heavy atom. The van der Waals surface area contributed by atoms with E-state index in [9.17, 15) is 8.42 Å². The standard InChI is InChI=1S/C12H22ClN3O2S/c1-5-16-8-11(14-9-16)19(17,18)15-10(6-7-13)12(2,3)4/h8-10,15H,5-7H2,1-4H3.